The maximum atomic E-state index is 13.0. The Labute approximate surface area is 186 Å². The Morgan fingerprint density at radius 3 is 2.62 bits per heavy atom. The van der Waals surface area contributed by atoms with Crippen molar-refractivity contribution in [2.45, 2.75) is 25.8 Å². The number of benzene rings is 3. The molecule has 5 rings (SSSR count). The van der Waals surface area contributed by atoms with Crippen molar-refractivity contribution >= 4 is 39.9 Å². The van der Waals surface area contributed by atoms with E-state index in [1.165, 1.54) is 0 Å². The molecule has 6 nitrogen and oxygen atoms in total. The van der Waals surface area contributed by atoms with Crippen LogP contribution in [0.5, 0.6) is 0 Å². The summed E-state index contributed by atoms with van der Waals surface area (Å²) in [5, 5.41) is 5.05. The predicted octanol–water partition coefficient (Wildman–Crippen LogP) is 3.95. The van der Waals surface area contributed by atoms with Crippen LogP contribution in [0.2, 0.25) is 0 Å². The Morgan fingerprint density at radius 1 is 0.969 bits per heavy atom. The van der Waals surface area contributed by atoms with E-state index in [1.807, 2.05) is 71.6 Å². The molecule has 2 fully saturated rings. The van der Waals surface area contributed by atoms with E-state index >= 15 is 0 Å². The number of carbonyl (C=O) groups excluding carboxylic acids is 3. The second-order valence-corrected chi connectivity index (χ2v) is 8.51. The summed E-state index contributed by atoms with van der Waals surface area (Å²) in [6.45, 7) is 1.70. The zero-order valence-electron chi connectivity index (χ0n) is 17.8. The number of carbonyl (C=O) groups is 3. The highest BCUT2D eigenvalue weighted by Crippen LogP contribution is 2.32. The lowest BCUT2D eigenvalue weighted by atomic mass is 10.1. The minimum Gasteiger partial charge on any atom is -0.338 e. The summed E-state index contributed by atoms with van der Waals surface area (Å²) in [5.41, 5.74) is 2.52. The molecule has 2 heterocycles. The Hall–Kier alpha value is -3.67. The molecule has 3 aromatic carbocycles. The third-order valence-corrected chi connectivity index (χ3v) is 6.29. The molecule has 1 unspecified atom stereocenters. The van der Waals surface area contributed by atoms with Gasteiger partial charge in [0.25, 0.3) is 0 Å². The summed E-state index contributed by atoms with van der Waals surface area (Å²) >= 11 is 0. The molecule has 0 radical (unpaired) electrons. The number of anilines is 2. The van der Waals surface area contributed by atoms with Gasteiger partial charge in [0, 0.05) is 43.5 Å². The highest BCUT2D eigenvalue weighted by Gasteiger charge is 2.35. The first kappa shape index (κ1) is 20.2. The fourth-order valence-corrected chi connectivity index (χ4v) is 4.64. The molecular formula is C26H25N3O3. The highest BCUT2D eigenvalue weighted by molar-refractivity contribution is 6.08. The number of likely N-dealkylation sites (tertiary alicyclic amines) is 1. The van der Waals surface area contributed by atoms with Gasteiger partial charge in [-0.3, -0.25) is 14.4 Å². The van der Waals surface area contributed by atoms with Crippen LogP contribution in [-0.4, -0.2) is 35.7 Å². The molecule has 1 N–H and O–H groups in total. The van der Waals surface area contributed by atoms with Crippen molar-refractivity contribution in [3.8, 4) is 0 Å². The SMILES string of the molecule is O=C(Nc1cccc(CN2CCCC2=O)c1)C1CC(=O)N(c2cccc3ccccc23)C1. The molecule has 2 aliphatic heterocycles. The summed E-state index contributed by atoms with van der Waals surface area (Å²) in [6.07, 6.45) is 1.70. The van der Waals surface area contributed by atoms with E-state index in [4.69, 9.17) is 0 Å². The van der Waals surface area contributed by atoms with Gasteiger partial charge in [0.1, 0.15) is 0 Å². The second kappa shape index (κ2) is 8.46. The Bertz CT molecular complexity index is 1200. The van der Waals surface area contributed by atoms with Crippen LogP contribution in [0.1, 0.15) is 24.8 Å². The van der Waals surface area contributed by atoms with E-state index in [0.29, 0.717) is 25.2 Å². The summed E-state index contributed by atoms with van der Waals surface area (Å²) in [6, 6.07) is 21.4. The van der Waals surface area contributed by atoms with E-state index in [-0.39, 0.29) is 24.1 Å². The van der Waals surface area contributed by atoms with E-state index in [0.717, 1.165) is 35.0 Å². The molecule has 32 heavy (non-hydrogen) atoms. The number of nitrogens with one attached hydrogen (secondary N) is 1. The molecule has 1 atom stereocenters. The highest BCUT2D eigenvalue weighted by atomic mass is 16.2. The van der Waals surface area contributed by atoms with Gasteiger partial charge in [-0.2, -0.15) is 0 Å². The van der Waals surface area contributed by atoms with Crippen LogP contribution in [-0.2, 0) is 20.9 Å². The zero-order valence-corrected chi connectivity index (χ0v) is 17.8. The largest absolute Gasteiger partial charge is 0.338 e. The maximum Gasteiger partial charge on any atom is 0.229 e. The predicted molar refractivity (Wildman–Crippen MR) is 124 cm³/mol. The Kier molecular flexibility index (Phi) is 5.35. The summed E-state index contributed by atoms with van der Waals surface area (Å²) in [4.78, 5) is 41.2. The Balaban J connectivity index is 1.28. The van der Waals surface area contributed by atoms with E-state index in [9.17, 15) is 14.4 Å². The van der Waals surface area contributed by atoms with Crippen molar-refractivity contribution in [2.24, 2.45) is 5.92 Å². The van der Waals surface area contributed by atoms with Gasteiger partial charge in [-0.15, -0.1) is 0 Å². The van der Waals surface area contributed by atoms with Crippen LogP contribution < -0.4 is 10.2 Å². The average Bonchev–Trinajstić information content (AvgIpc) is 3.39. The van der Waals surface area contributed by atoms with E-state index < -0.39 is 5.92 Å². The number of hydrogen-bond donors (Lipinski definition) is 1. The van der Waals surface area contributed by atoms with Gasteiger partial charge in [0.15, 0.2) is 0 Å². The van der Waals surface area contributed by atoms with Crippen LogP contribution in [0, 0.1) is 5.92 Å². The first-order chi connectivity index (χ1) is 15.6. The fraction of sp³-hybridized carbons (Fsp3) is 0.269. The molecule has 162 valence electrons. The molecule has 2 saturated heterocycles. The molecule has 0 saturated carbocycles. The molecule has 0 aliphatic carbocycles. The topological polar surface area (TPSA) is 69.7 Å². The van der Waals surface area contributed by atoms with Crippen molar-refractivity contribution in [1.29, 1.82) is 0 Å². The minimum atomic E-state index is -0.412. The van der Waals surface area contributed by atoms with Gasteiger partial charge in [0.05, 0.1) is 11.6 Å². The summed E-state index contributed by atoms with van der Waals surface area (Å²) in [7, 11) is 0. The van der Waals surface area contributed by atoms with Crippen molar-refractivity contribution in [3.63, 3.8) is 0 Å². The van der Waals surface area contributed by atoms with Gasteiger partial charge >= 0.3 is 0 Å². The number of nitrogens with zero attached hydrogens (tertiary/aromatic N) is 2. The van der Waals surface area contributed by atoms with Crippen LogP contribution in [0.25, 0.3) is 10.8 Å². The molecule has 0 bridgehead atoms. The summed E-state index contributed by atoms with van der Waals surface area (Å²) in [5.74, 6) is -0.430. The molecule has 0 aromatic heterocycles. The fourth-order valence-electron chi connectivity index (χ4n) is 4.64. The zero-order chi connectivity index (χ0) is 22.1. The van der Waals surface area contributed by atoms with E-state index in [2.05, 4.69) is 5.32 Å². The lowest BCUT2D eigenvalue weighted by Crippen LogP contribution is -2.28. The quantitative estimate of drug-likeness (QED) is 0.670. The summed E-state index contributed by atoms with van der Waals surface area (Å²) < 4.78 is 0. The Morgan fingerprint density at radius 2 is 1.78 bits per heavy atom. The molecule has 0 spiro atoms. The van der Waals surface area contributed by atoms with Crippen LogP contribution >= 0.6 is 0 Å². The van der Waals surface area contributed by atoms with Crippen LogP contribution in [0.15, 0.2) is 66.7 Å². The first-order valence-corrected chi connectivity index (χ1v) is 11.0. The minimum absolute atomic E-state index is 0.0391. The maximum absolute atomic E-state index is 13.0. The number of hydrogen-bond acceptors (Lipinski definition) is 3. The smallest absolute Gasteiger partial charge is 0.229 e. The van der Waals surface area contributed by atoms with E-state index in [1.54, 1.807) is 4.90 Å². The van der Waals surface area contributed by atoms with Gasteiger partial charge in [-0.25, -0.2) is 0 Å². The number of fused-ring (bicyclic) bond motifs is 1. The van der Waals surface area contributed by atoms with Crippen molar-refractivity contribution in [2.75, 3.05) is 23.3 Å². The van der Waals surface area contributed by atoms with Crippen molar-refractivity contribution in [3.05, 3.63) is 72.3 Å². The normalized spacial score (nSPS) is 18.6. The third-order valence-electron chi connectivity index (χ3n) is 6.29. The molecule has 3 aromatic rings. The molecular weight excluding hydrogens is 402 g/mol. The first-order valence-electron chi connectivity index (χ1n) is 11.0. The van der Waals surface area contributed by atoms with Crippen LogP contribution in [0.4, 0.5) is 11.4 Å². The van der Waals surface area contributed by atoms with Gasteiger partial charge in [-0.05, 0) is 35.6 Å². The van der Waals surface area contributed by atoms with Crippen molar-refractivity contribution in [1.82, 2.24) is 4.90 Å². The lowest BCUT2D eigenvalue weighted by Gasteiger charge is -2.19. The average molecular weight is 428 g/mol. The van der Waals surface area contributed by atoms with Crippen LogP contribution in [0.3, 0.4) is 0 Å². The standard InChI is InChI=1S/C26H25N3O3/c30-24-12-5-13-28(24)16-18-6-3-9-21(14-18)27-26(32)20-15-25(31)29(17-20)23-11-4-8-19-7-1-2-10-22(19)23/h1-4,6-11,14,20H,5,12-13,15-17H2,(H,27,32). The molecule has 2 aliphatic rings. The lowest BCUT2D eigenvalue weighted by molar-refractivity contribution is -0.128. The number of rotatable bonds is 5. The number of amides is 3. The monoisotopic (exact) mass is 427 g/mol. The van der Waals surface area contributed by atoms with Crippen molar-refractivity contribution < 1.29 is 14.4 Å². The second-order valence-electron chi connectivity index (χ2n) is 8.51. The molecule has 3 amide bonds. The third kappa shape index (κ3) is 3.96. The van der Waals surface area contributed by atoms with Gasteiger partial charge < -0.3 is 15.1 Å². The van der Waals surface area contributed by atoms with Gasteiger partial charge in [-0.1, -0.05) is 48.5 Å². The molecule has 6 heteroatoms. The van der Waals surface area contributed by atoms with Gasteiger partial charge in [0.2, 0.25) is 17.7 Å².